The maximum atomic E-state index is 12.0. The van der Waals surface area contributed by atoms with Crippen LogP contribution < -0.4 is 10.1 Å². The SMILES string of the molecule is CCCC(NC(=O)N(C)CCOc1cc(C)ccc1C)C(=O)O. The summed E-state index contributed by atoms with van der Waals surface area (Å²) >= 11 is 0. The molecule has 1 rings (SSSR count). The van der Waals surface area contributed by atoms with Crippen LogP contribution in [0, 0.1) is 13.8 Å². The zero-order valence-corrected chi connectivity index (χ0v) is 14.3. The Hall–Kier alpha value is -2.24. The van der Waals surface area contributed by atoms with E-state index in [4.69, 9.17) is 9.84 Å². The summed E-state index contributed by atoms with van der Waals surface area (Å²) in [5.41, 5.74) is 2.15. The van der Waals surface area contributed by atoms with Crippen molar-refractivity contribution in [1.29, 1.82) is 0 Å². The lowest BCUT2D eigenvalue weighted by atomic mass is 10.1. The third-order valence-corrected chi connectivity index (χ3v) is 3.55. The summed E-state index contributed by atoms with van der Waals surface area (Å²) in [6.45, 7) is 6.56. The quantitative estimate of drug-likeness (QED) is 0.771. The zero-order valence-electron chi connectivity index (χ0n) is 14.3. The van der Waals surface area contributed by atoms with Crippen molar-refractivity contribution in [2.45, 2.75) is 39.7 Å². The number of urea groups is 1. The molecule has 0 saturated heterocycles. The number of hydrogen-bond donors (Lipinski definition) is 2. The highest BCUT2D eigenvalue weighted by Gasteiger charge is 2.20. The summed E-state index contributed by atoms with van der Waals surface area (Å²) < 4.78 is 5.70. The van der Waals surface area contributed by atoms with Gasteiger partial charge < -0.3 is 20.1 Å². The number of rotatable bonds is 8. The molecule has 1 aromatic rings. The van der Waals surface area contributed by atoms with Crippen molar-refractivity contribution in [3.05, 3.63) is 29.3 Å². The van der Waals surface area contributed by atoms with Gasteiger partial charge in [-0.2, -0.15) is 0 Å². The van der Waals surface area contributed by atoms with Gasteiger partial charge in [0.05, 0.1) is 6.54 Å². The number of carbonyl (C=O) groups is 2. The van der Waals surface area contributed by atoms with Crippen molar-refractivity contribution >= 4 is 12.0 Å². The number of likely N-dealkylation sites (N-methyl/N-ethyl adjacent to an activating group) is 1. The molecule has 2 amide bonds. The molecule has 0 bridgehead atoms. The molecule has 1 aromatic carbocycles. The van der Waals surface area contributed by atoms with Crippen LogP contribution in [0.1, 0.15) is 30.9 Å². The second-order valence-electron chi connectivity index (χ2n) is 5.67. The molecule has 0 fully saturated rings. The van der Waals surface area contributed by atoms with E-state index >= 15 is 0 Å². The Morgan fingerprint density at radius 1 is 1.35 bits per heavy atom. The minimum Gasteiger partial charge on any atom is -0.491 e. The van der Waals surface area contributed by atoms with Gasteiger partial charge >= 0.3 is 12.0 Å². The predicted octanol–water partition coefficient (Wildman–Crippen LogP) is 2.58. The lowest BCUT2D eigenvalue weighted by Gasteiger charge is -2.21. The molecular formula is C17H26N2O4. The van der Waals surface area contributed by atoms with Crippen molar-refractivity contribution in [1.82, 2.24) is 10.2 Å². The number of nitrogens with zero attached hydrogens (tertiary/aromatic N) is 1. The van der Waals surface area contributed by atoms with Crippen LogP contribution in [-0.2, 0) is 4.79 Å². The summed E-state index contributed by atoms with van der Waals surface area (Å²) in [4.78, 5) is 24.5. The van der Waals surface area contributed by atoms with Crippen LogP contribution in [0.25, 0.3) is 0 Å². The molecular weight excluding hydrogens is 296 g/mol. The fraction of sp³-hybridized carbons (Fsp3) is 0.529. The molecule has 23 heavy (non-hydrogen) atoms. The van der Waals surface area contributed by atoms with E-state index in [1.54, 1.807) is 7.05 Å². The Bertz CT molecular complexity index is 545. The van der Waals surface area contributed by atoms with E-state index in [0.717, 1.165) is 16.9 Å². The number of carboxylic acid groups (broad SMARTS) is 1. The molecule has 0 saturated carbocycles. The zero-order chi connectivity index (χ0) is 17.4. The highest BCUT2D eigenvalue weighted by atomic mass is 16.5. The number of benzene rings is 1. The van der Waals surface area contributed by atoms with E-state index in [9.17, 15) is 9.59 Å². The fourth-order valence-corrected chi connectivity index (χ4v) is 2.06. The average Bonchev–Trinajstić information content (AvgIpc) is 2.49. The molecule has 1 unspecified atom stereocenters. The molecule has 2 N–H and O–H groups in total. The van der Waals surface area contributed by atoms with Gasteiger partial charge in [-0.3, -0.25) is 0 Å². The fourth-order valence-electron chi connectivity index (χ4n) is 2.06. The Balaban J connectivity index is 2.46. The number of carbonyl (C=O) groups excluding carboxylic acids is 1. The number of hydrogen-bond acceptors (Lipinski definition) is 3. The molecule has 0 radical (unpaired) electrons. The van der Waals surface area contributed by atoms with Crippen molar-refractivity contribution in [3.63, 3.8) is 0 Å². The molecule has 0 aliphatic heterocycles. The maximum Gasteiger partial charge on any atom is 0.326 e. The molecule has 6 nitrogen and oxygen atoms in total. The number of nitrogens with one attached hydrogen (secondary N) is 1. The third kappa shape index (κ3) is 6.18. The summed E-state index contributed by atoms with van der Waals surface area (Å²) in [7, 11) is 1.62. The van der Waals surface area contributed by atoms with Crippen molar-refractivity contribution in [2.24, 2.45) is 0 Å². The first-order valence-corrected chi connectivity index (χ1v) is 7.79. The average molecular weight is 322 g/mol. The molecule has 0 aliphatic carbocycles. The topological polar surface area (TPSA) is 78.9 Å². The van der Waals surface area contributed by atoms with Crippen LogP contribution in [0.4, 0.5) is 4.79 Å². The minimum atomic E-state index is -1.01. The number of amides is 2. The monoisotopic (exact) mass is 322 g/mol. The highest BCUT2D eigenvalue weighted by molar-refractivity contribution is 5.82. The van der Waals surface area contributed by atoms with Gasteiger partial charge in [-0.1, -0.05) is 25.5 Å². The van der Waals surface area contributed by atoms with E-state index in [0.29, 0.717) is 26.0 Å². The molecule has 0 heterocycles. The van der Waals surface area contributed by atoms with E-state index < -0.39 is 18.0 Å². The van der Waals surface area contributed by atoms with Gasteiger partial charge in [-0.15, -0.1) is 0 Å². The van der Waals surface area contributed by atoms with Gasteiger partial charge in [-0.25, -0.2) is 9.59 Å². The van der Waals surface area contributed by atoms with Crippen LogP contribution >= 0.6 is 0 Å². The first kappa shape index (κ1) is 18.8. The highest BCUT2D eigenvalue weighted by Crippen LogP contribution is 2.18. The first-order valence-electron chi connectivity index (χ1n) is 7.79. The van der Waals surface area contributed by atoms with Crippen LogP contribution in [0.5, 0.6) is 5.75 Å². The normalized spacial score (nSPS) is 11.7. The third-order valence-electron chi connectivity index (χ3n) is 3.55. The second kappa shape index (κ2) is 9.02. The van der Waals surface area contributed by atoms with E-state index in [1.807, 2.05) is 39.0 Å². The predicted molar refractivity (Wildman–Crippen MR) is 88.9 cm³/mol. The largest absolute Gasteiger partial charge is 0.491 e. The van der Waals surface area contributed by atoms with Crippen LogP contribution in [0.3, 0.4) is 0 Å². The number of aryl methyl sites for hydroxylation is 2. The molecule has 0 spiro atoms. The Morgan fingerprint density at radius 2 is 2.04 bits per heavy atom. The summed E-state index contributed by atoms with van der Waals surface area (Å²) in [6.07, 6.45) is 1.10. The molecule has 1 atom stereocenters. The molecule has 128 valence electrons. The summed E-state index contributed by atoms with van der Waals surface area (Å²) in [6, 6.07) is 4.70. The smallest absolute Gasteiger partial charge is 0.326 e. The van der Waals surface area contributed by atoms with Gasteiger partial charge in [0.25, 0.3) is 0 Å². The number of carboxylic acids is 1. The summed E-state index contributed by atoms with van der Waals surface area (Å²) in [5, 5.41) is 11.6. The van der Waals surface area contributed by atoms with Gasteiger partial charge in [0.15, 0.2) is 0 Å². The van der Waals surface area contributed by atoms with Crippen molar-refractivity contribution in [3.8, 4) is 5.75 Å². The lowest BCUT2D eigenvalue weighted by molar-refractivity contribution is -0.139. The van der Waals surface area contributed by atoms with Gasteiger partial charge in [0.2, 0.25) is 0 Å². The van der Waals surface area contributed by atoms with E-state index in [2.05, 4.69) is 5.32 Å². The molecule has 0 aromatic heterocycles. The van der Waals surface area contributed by atoms with E-state index in [1.165, 1.54) is 4.90 Å². The van der Waals surface area contributed by atoms with Crippen LogP contribution in [-0.4, -0.2) is 48.2 Å². The summed E-state index contributed by atoms with van der Waals surface area (Å²) in [5.74, 6) is -0.214. The number of aliphatic carboxylic acids is 1. The Kier molecular flexibility index (Phi) is 7.38. The number of ether oxygens (including phenoxy) is 1. The molecule has 6 heteroatoms. The lowest BCUT2D eigenvalue weighted by Crippen LogP contribution is -2.47. The first-order chi connectivity index (χ1) is 10.8. The van der Waals surface area contributed by atoms with Crippen LogP contribution in [0.15, 0.2) is 18.2 Å². The van der Waals surface area contributed by atoms with Crippen molar-refractivity contribution in [2.75, 3.05) is 20.2 Å². The van der Waals surface area contributed by atoms with Gasteiger partial charge in [0, 0.05) is 7.05 Å². The van der Waals surface area contributed by atoms with Crippen LogP contribution in [0.2, 0.25) is 0 Å². The van der Waals surface area contributed by atoms with Gasteiger partial charge in [-0.05, 0) is 37.5 Å². The van der Waals surface area contributed by atoms with E-state index in [-0.39, 0.29) is 0 Å². The Morgan fingerprint density at radius 3 is 2.65 bits per heavy atom. The van der Waals surface area contributed by atoms with Crippen molar-refractivity contribution < 1.29 is 19.4 Å². The standard InChI is InChI=1S/C17H26N2O4/c1-5-6-14(16(20)21)18-17(22)19(4)9-10-23-15-11-12(2)7-8-13(15)3/h7-8,11,14H,5-6,9-10H2,1-4H3,(H,18,22)(H,20,21). The molecule has 0 aliphatic rings. The second-order valence-corrected chi connectivity index (χ2v) is 5.67. The maximum absolute atomic E-state index is 12.0. The Labute approximate surface area is 137 Å². The minimum absolute atomic E-state index is 0.347. The van der Waals surface area contributed by atoms with Gasteiger partial charge in [0.1, 0.15) is 18.4 Å².